The van der Waals surface area contributed by atoms with Crippen molar-refractivity contribution in [1.29, 1.82) is 0 Å². The van der Waals surface area contributed by atoms with Gasteiger partial charge in [-0.2, -0.15) is 0 Å². The van der Waals surface area contributed by atoms with Crippen LogP contribution in [0.2, 0.25) is 0 Å². The van der Waals surface area contributed by atoms with Crippen molar-refractivity contribution >= 4 is 17.8 Å². The van der Waals surface area contributed by atoms with Crippen LogP contribution >= 0.6 is 0 Å². The van der Waals surface area contributed by atoms with E-state index in [9.17, 15) is 4.79 Å². The van der Waals surface area contributed by atoms with Crippen LogP contribution in [0.15, 0.2) is 35.1 Å². The number of ether oxygens (including phenoxy) is 1. The van der Waals surface area contributed by atoms with Gasteiger partial charge in [0, 0.05) is 19.3 Å². The zero-order valence-corrected chi connectivity index (χ0v) is 9.45. The van der Waals surface area contributed by atoms with Crippen LogP contribution in [0.4, 0.5) is 11.8 Å². The summed E-state index contributed by atoms with van der Waals surface area (Å²) < 4.78 is 9.80. The second kappa shape index (κ2) is 4.65. The molecular formula is C11H11N3O3. The number of hydrogen-bond acceptors (Lipinski definition) is 6. The van der Waals surface area contributed by atoms with Gasteiger partial charge >= 0.3 is 5.97 Å². The lowest BCUT2D eigenvalue weighted by Crippen LogP contribution is -2.14. The van der Waals surface area contributed by atoms with E-state index in [-0.39, 0.29) is 5.69 Å². The van der Waals surface area contributed by atoms with Gasteiger partial charge in [0.05, 0.1) is 13.4 Å². The fourth-order valence-electron chi connectivity index (χ4n) is 1.29. The van der Waals surface area contributed by atoms with Gasteiger partial charge in [0.1, 0.15) is 0 Å². The number of carbonyl (C=O) groups excluding carboxylic acids is 1. The van der Waals surface area contributed by atoms with E-state index in [4.69, 9.17) is 4.42 Å². The number of methoxy groups -OCH3 is 1. The molecule has 0 spiro atoms. The summed E-state index contributed by atoms with van der Waals surface area (Å²) in [7, 11) is 3.05. The molecular weight excluding hydrogens is 222 g/mol. The van der Waals surface area contributed by atoms with Crippen molar-refractivity contribution in [3.8, 4) is 0 Å². The van der Waals surface area contributed by atoms with E-state index >= 15 is 0 Å². The van der Waals surface area contributed by atoms with Crippen molar-refractivity contribution < 1.29 is 13.9 Å². The van der Waals surface area contributed by atoms with E-state index < -0.39 is 5.97 Å². The van der Waals surface area contributed by atoms with E-state index in [0.29, 0.717) is 11.8 Å². The summed E-state index contributed by atoms with van der Waals surface area (Å²) in [4.78, 5) is 21.1. The molecule has 2 aromatic rings. The number of furan rings is 1. The van der Waals surface area contributed by atoms with E-state index in [2.05, 4.69) is 14.7 Å². The lowest BCUT2D eigenvalue weighted by molar-refractivity contribution is 0.0594. The number of carbonyl (C=O) groups is 1. The largest absolute Gasteiger partial charge is 0.464 e. The Morgan fingerprint density at radius 3 is 2.94 bits per heavy atom. The minimum Gasteiger partial charge on any atom is -0.464 e. The van der Waals surface area contributed by atoms with Gasteiger partial charge in [-0.3, -0.25) is 4.90 Å². The van der Waals surface area contributed by atoms with Crippen LogP contribution in [0.1, 0.15) is 10.5 Å². The van der Waals surface area contributed by atoms with Crippen LogP contribution in [-0.2, 0) is 4.74 Å². The highest BCUT2D eigenvalue weighted by atomic mass is 16.5. The maximum absolute atomic E-state index is 11.3. The van der Waals surface area contributed by atoms with Crippen LogP contribution in [0, 0.1) is 0 Å². The third-order valence-electron chi connectivity index (χ3n) is 2.17. The number of nitrogens with zero attached hydrogens (tertiary/aromatic N) is 3. The fraction of sp³-hybridized carbons (Fsp3) is 0.182. The Morgan fingerprint density at radius 2 is 2.29 bits per heavy atom. The van der Waals surface area contributed by atoms with Gasteiger partial charge in [-0.1, -0.05) is 0 Å². The third kappa shape index (κ3) is 2.25. The maximum Gasteiger partial charge on any atom is 0.356 e. The molecule has 6 nitrogen and oxygen atoms in total. The normalized spacial score (nSPS) is 10.0. The zero-order valence-electron chi connectivity index (χ0n) is 9.45. The molecule has 0 atom stereocenters. The lowest BCUT2D eigenvalue weighted by atomic mass is 10.4. The Morgan fingerprint density at radius 1 is 1.47 bits per heavy atom. The molecule has 0 bridgehead atoms. The average molecular weight is 233 g/mol. The summed E-state index contributed by atoms with van der Waals surface area (Å²) in [5.74, 6) is 0.455. The Balaban J connectivity index is 2.30. The van der Waals surface area contributed by atoms with E-state index in [1.54, 1.807) is 30.3 Å². The summed E-state index contributed by atoms with van der Waals surface area (Å²) in [5.41, 5.74) is 0.205. The SMILES string of the molecule is COC(=O)c1ccnc(N(C)c2ccco2)n1. The highest BCUT2D eigenvalue weighted by molar-refractivity contribution is 5.87. The first-order valence-corrected chi connectivity index (χ1v) is 4.91. The third-order valence-corrected chi connectivity index (χ3v) is 2.17. The lowest BCUT2D eigenvalue weighted by Gasteiger charge is -2.13. The van der Waals surface area contributed by atoms with Gasteiger partial charge in [-0.15, -0.1) is 0 Å². The van der Waals surface area contributed by atoms with Crippen molar-refractivity contribution in [2.75, 3.05) is 19.1 Å². The average Bonchev–Trinajstić information content (AvgIpc) is 2.91. The topological polar surface area (TPSA) is 68.5 Å². The molecule has 0 radical (unpaired) electrons. The minimum absolute atomic E-state index is 0.205. The molecule has 0 saturated heterocycles. The molecule has 0 unspecified atom stereocenters. The Kier molecular flexibility index (Phi) is 3.04. The monoisotopic (exact) mass is 233 g/mol. The van der Waals surface area contributed by atoms with Crippen LogP contribution in [0.5, 0.6) is 0 Å². The van der Waals surface area contributed by atoms with Crippen LogP contribution in [0.3, 0.4) is 0 Å². The first kappa shape index (κ1) is 11.1. The van der Waals surface area contributed by atoms with Crippen molar-refractivity contribution in [3.63, 3.8) is 0 Å². The molecule has 0 aromatic carbocycles. The fourth-order valence-corrected chi connectivity index (χ4v) is 1.29. The molecule has 6 heteroatoms. The highest BCUT2D eigenvalue weighted by Gasteiger charge is 2.13. The molecule has 0 amide bonds. The van der Waals surface area contributed by atoms with Gasteiger partial charge in [0.25, 0.3) is 0 Å². The van der Waals surface area contributed by atoms with Gasteiger partial charge in [-0.25, -0.2) is 14.8 Å². The number of aromatic nitrogens is 2. The van der Waals surface area contributed by atoms with Crippen molar-refractivity contribution in [2.45, 2.75) is 0 Å². The first-order valence-electron chi connectivity index (χ1n) is 4.91. The summed E-state index contributed by atoms with van der Waals surface area (Å²) in [6, 6.07) is 5.02. The van der Waals surface area contributed by atoms with Crippen molar-refractivity contribution in [1.82, 2.24) is 9.97 Å². The smallest absolute Gasteiger partial charge is 0.356 e. The number of esters is 1. The standard InChI is InChI=1S/C11H11N3O3/c1-14(9-4-3-7-17-9)11-12-6-5-8(13-11)10(15)16-2/h3-7H,1-2H3. The number of anilines is 2. The Labute approximate surface area is 97.9 Å². The molecule has 0 saturated carbocycles. The van der Waals surface area contributed by atoms with E-state index in [0.717, 1.165) is 0 Å². The minimum atomic E-state index is -0.499. The molecule has 17 heavy (non-hydrogen) atoms. The second-order valence-corrected chi connectivity index (χ2v) is 3.24. The quantitative estimate of drug-likeness (QED) is 0.750. The molecule has 2 aromatic heterocycles. The predicted molar refractivity (Wildman–Crippen MR) is 60.1 cm³/mol. The summed E-state index contributed by atoms with van der Waals surface area (Å²) in [6.45, 7) is 0. The molecule has 0 fully saturated rings. The molecule has 2 rings (SSSR count). The van der Waals surface area contributed by atoms with Crippen LogP contribution < -0.4 is 4.90 Å². The number of hydrogen-bond donors (Lipinski definition) is 0. The molecule has 0 N–H and O–H groups in total. The van der Waals surface area contributed by atoms with Crippen molar-refractivity contribution in [2.24, 2.45) is 0 Å². The Bertz CT molecular complexity index is 510. The predicted octanol–water partition coefficient (Wildman–Crippen LogP) is 1.62. The van der Waals surface area contributed by atoms with Gasteiger partial charge in [0.15, 0.2) is 5.69 Å². The van der Waals surface area contributed by atoms with Crippen molar-refractivity contribution in [3.05, 3.63) is 36.4 Å². The zero-order chi connectivity index (χ0) is 12.3. The number of rotatable bonds is 3. The van der Waals surface area contributed by atoms with Gasteiger partial charge in [0.2, 0.25) is 11.8 Å². The highest BCUT2D eigenvalue weighted by Crippen LogP contribution is 2.19. The maximum atomic E-state index is 11.3. The summed E-state index contributed by atoms with van der Waals surface area (Å²) in [6.07, 6.45) is 3.05. The molecule has 2 heterocycles. The Hall–Kier alpha value is -2.37. The molecule has 88 valence electrons. The van der Waals surface area contributed by atoms with Crippen LogP contribution in [0.25, 0.3) is 0 Å². The molecule has 0 aliphatic carbocycles. The van der Waals surface area contributed by atoms with E-state index in [1.807, 2.05) is 0 Å². The van der Waals surface area contributed by atoms with E-state index in [1.165, 1.54) is 19.4 Å². The van der Waals surface area contributed by atoms with Crippen LogP contribution in [-0.4, -0.2) is 30.1 Å². The summed E-state index contributed by atoms with van der Waals surface area (Å²) >= 11 is 0. The molecule has 0 aliphatic heterocycles. The van der Waals surface area contributed by atoms with Gasteiger partial charge < -0.3 is 9.15 Å². The first-order chi connectivity index (χ1) is 8.22. The molecule has 0 aliphatic rings. The summed E-state index contributed by atoms with van der Waals surface area (Å²) in [5, 5.41) is 0. The van der Waals surface area contributed by atoms with Gasteiger partial charge in [-0.05, 0) is 12.1 Å². The second-order valence-electron chi connectivity index (χ2n) is 3.24.